The number of nitrogens with zero attached hydrogens (tertiary/aromatic N) is 1. The van der Waals surface area contributed by atoms with Crippen molar-refractivity contribution in [1.29, 1.82) is 5.26 Å². The zero-order chi connectivity index (χ0) is 13.9. The zero-order valence-electron chi connectivity index (χ0n) is 11.3. The van der Waals surface area contributed by atoms with Gasteiger partial charge in [0, 0.05) is 23.9 Å². The Balaban J connectivity index is 1.80. The number of anilines is 1. The van der Waals surface area contributed by atoms with Crippen LogP contribution in [0.5, 0.6) is 0 Å². The van der Waals surface area contributed by atoms with E-state index in [9.17, 15) is 0 Å². The number of benzene rings is 2. The minimum atomic E-state index is 0.680. The Morgan fingerprint density at radius 1 is 1.15 bits per heavy atom. The largest absolute Gasteiger partial charge is 0.381 e. The molecule has 20 heavy (non-hydrogen) atoms. The molecule has 3 aromatic rings. The van der Waals surface area contributed by atoms with Crippen molar-refractivity contribution in [2.45, 2.75) is 13.5 Å². The van der Waals surface area contributed by atoms with Crippen molar-refractivity contribution in [3.63, 3.8) is 0 Å². The summed E-state index contributed by atoms with van der Waals surface area (Å²) in [5.41, 5.74) is 5.21. The minimum absolute atomic E-state index is 0.680. The molecule has 0 saturated carbocycles. The number of rotatable bonds is 3. The Morgan fingerprint density at radius 2 is 2.05 bits per heavy atom. The number of aromatic amines is 1. The standard InChI is InChI=1S/C17H15N3/c1-12-2-3-13(10-18)9-17(12)20-11-14-4-5-16-15(8-14)6-7-19-16/h2-9,19-20H,11H2,1H3. The second kappa shape index (κ2) is 5.10. The fraction of sp³-hybridized carbons (Fsp3) is 0.118. The molecule has 0 saturated heterocycles. The minimum Gasteiger partial charge on any atom is -0.381 e. The summed E-state index contributed by atoms with van der Waals surface area (Å²) in [6, 6.07) is 16.3. The van der Waals surface area contributed by atoms with E-state index in [0.29, 0.717) is 5.56 Å². The molecule has 0 aliphatic rings. The van der Waals surface area contributed by atoms with E-state index < -0.39 is 0 Å². The van der Waals surface area contributed by atoms with Gasteiger partial charge in [0.05, 0.1) is 11.6 Å². The number of nitrogens with one attached hydrogen (secondary N) is 2. The molecule has 0 spiro atoms. The molecule has 1 aromatic heterocycles. The molecule has 3 rings (SSSR count). The van der Waals surface area contributed by atoms with Crippen molar-refractivity contribution >= 4 is 16.6 Å². The lowest BCUT2D eigenvalue weighted by atomic mass is 10.1. The van der Waals surface area contributed by atoms with E-state index in [1.807, 2.05) is 31.3 Å². The van der Waals surface area contributed by atoms with Crippen LogP contribution in [-0.4, -0.2) is 4.98 Å². The third-order valence-corrected chi connectivity index (χ3v) is 3.47. The van der Waals surface area contributed by atoms with Crippen LogP contribution in [0.1, 0.15) is 16.7 Å². The molecule has 0 fully saturated rings. The fourth-order valence-corrected chi connectivity index (χ4v) is 2.29. The summed E-state index contributed by atoms with van der Waals surface area (Å²) < 4.78 is 0. The molecular weight excluding hydrogens is 246 g/mol. The topological polar surface area (TPSA) is 51.6 Å². The summed E-state index contributed by atoms with van der Waals surface area (Å²) >= 11 is 0. The molecule has 3 nitrogen and oxygen atoms in total. The van der Waals surface area contributed by atoms with Crippen LogP contribution < -0.4 is 5.32 Å². The highest BCUT2D eigenvalue weighted by Gasteiger charge is 2.01. The van der Waals surface area contributed by atoms with Crippen LogP contribution in [0.25, 0.3) is 10.9 Å². The summed E-state index contributed by atoms with van der Waals surface area (Å²) in [6.07, 6.45) is 1.95. The second-order valence-corrected chi connectivity index (χ2v) is 4.89. The van der Waals surface area contributed by atoms with Gasteiger partial charge in [0.1, 0.15) is 0 Å². The third kappa shape index (κ3) is 2.36. The lowest BCUT2D eigenvalue weighted by molar-refractivity contribution is 1.14. The first-order chi connectivity index (χ1) is 9.76. The molecule has 3 heteroatoms. The molecule has 0 radical (unpaired) electrons. The molecule has 0 bridgehead atoms. The maximum atomic E-state index is 8.95. The molecule has 0 amide bonds. The van der Waals surface area contributed by atoms with Gasteiger partial charge in [-0.2, -0.15) is 5.26 Å². The Bertz CT molecular complexity index is 793. The van der Waals surface area contributed by atoms with Gasteiger partial charge in [-0.25, -0.2) is 0 Å². The smallest absolute Gasteiger partial charge is 0.0992 e. The number of hydrogen-bond donors (Lipinski definition) is 2. The average molecular weight is 261 g/mol. The first kappa shape index (κ1) is 12.3. The maximum Gasteiger partial charge on any atom is 0.0992 e. The van der Waals surface area contributed by atoms with Gasteiger partial charge in [-0.05, 0) is 53.8 Å². The van der Waals surface area contributed by atoms with Crippen molar-refractivity contribution in [2.24, 2.45) is 0 Å². The Kier molecular flexibility index (Phi) is 3.14. The maximum absolute atomic E-state index is 8.95. The number of fused-ring (bicyclic) bond motifs is 1. The zero-order valence-corrected chi connectivity index (χ0v) is 11.3. The quantitative estimate of drug-likeness (QED) is 0.749. The molecule has 0 aliphatic heterocycles. The van der Waals surface area contributed by atoms with Crippen molar-refractivity contribution in [3.8, 4) is 6.07 Å². The molecule has 2 aromatic carbocycles. The van der Waals surface area contributed by atoms with E-state index in [1.54, 1.807) is 0 Å². The molecule has 0 aliphatic carbocycles. The van der Waals surface area contributed by atoms with Crippen LogP contribution in [0.15, 0.2) is 48.7 Å². The number of nitriles is 1. The summed E-state index contributed by atoms with van der Waals surface area (Å²) in [7, 11) is 0. The van der Waals surface area contributed by atoms with Crippen LogP contribution in [0, 0.1) is 18.3 Å². The van der Waals surface area contributed by atoms with Crippen molar-refractivity contribution in [3.05, 3.63) is 65.4 Å². The van der Waals surface area contributed by atoms with E-state index in [-0.39, 0.29) is 0 Å². The van der Waals surface area contributed by atoms with Gasteiger partial charge in [-0.1, -0.05) is 12.1 Å². The Labute approximate surface area is 117 Å². The van der Waals surface area contributed by atoms with Crippen LogP contribution in [0.2, 0.25) is 0 Å². The van der Waals surface area contributed by atoms with Gasteiger partial charge in [0.2, 0.25) is 0 Å². The van der Waals surface area contributed by atoms with E-state index in [0.717, 1.165) is 23.3 Å². The SMILES string of the molecule is Cc1ccc(C#N)cc1NCc1ccc2[nH]ccc2c1. The predicted molar refractivity (Wildman–Crippen MR) is 81.5 cm³/mol. The van der Waals surface area contributed by atoms with Crippen LogP contribution in [-0.2, 0) is 6.54 Å². The molecule has 2 N–H and O–H groups in total. The first-order valence-corrected chi connectivity index (χ1v) is 6.57. The van der Waals surface area contributed by atoms with E-state index in [2.05, 4.69) is 40.6 Å². The number of aryl methyl sites for hydroxylation is 1. The van der Waals surface area contributed by atoms with Gasteiger partial charge < -0.3 is 10.3 Å². The van der Waals surface area contributed by atoms with E-state index in [1.165, 1.54) is 10.9 Å². The average Bonchev–Trinajstić information content (AvgIpc) is 2.94. The van der Waals surface area contributed by atoms with Crippen molar-refractivity contribution in [2.75, 3.05) is 5.32 Å². The van der Waals surface area contributed by atoms with Crippen LogP contribution in [0.3, 0.4) is 0 Å². The summed E-state index contributed by atoms with van der Waals surface area (Å²) in [5, 5.41) is 13.6. The number of aromatic nitrogens is 1. The molecule has 0 unspecified atom stereocenters. The van der Waals surface area contributed by atoms with E-state index in [4.69, 9.17) is 5.26 Å². The van der Waals surface area contributed by atoms with Gasteiger partial charge in [-0.3, -0.25) is 0 Å². The number of H-pyrrole nitrogens is 1. The highest BCUT2D eigenvalue weighted by Crippen LogP contribution is 2.19. The lowest BCUT2D eigenvalue weighted by Crippen LogP contribution is -2.01. The number of hydrogen-bond acceptors (Lipinski definition) is 2. The highest BCUT2D eigenvalue weighted by atomic mass is 14.9. The first-order valence-electron chi connectivity index (χ1n) is 6.57. The molecule has 0 atom stereocenters. The normalized spacial score (nSPS) is 10.4. The summed E-state index contributed by atoms with van der Waals surface area (Å²) in [4.78, 5) is 3.19. The van der Waals surface area contributed by atoms with Gasteiger partial charge >= 0.3 is 0 Å². The second-order valence-electron chi connectivity index (χ2n) is 4.89. The van der Waals surface area contributed by atoms with Crippen molar-refractivity contribution < 1.29 is 0 Å². The Hall–Kier alpha value is -2.73. The molecule has 1 heterocycles. The van der Waals surface area contributed by atoms with Crippen LogP contribution >= 0.6 is 0 Å². The molecular formula is C17H15N3. The van der Waals surface area contributed by atoms with Gasteiger partial charge in [0.25, 0.3) is 0 Å². The van der Waals surface area contributed by atoms with Crippen LogP contribution in [0.4, 0.5) is 5.69 Å². The monoisotopic (exact) mass is 261 g/mol. The van der Waals surface area contributed by atoms with Gasteiger partial charge in [-0.15, -0.1) is 0 Å². The van der Waals surface area contributed by atoms with Crippen molar-refractivity contribution in [1.82, 2.24) is 4.98 Å². The summed E-state index contributed by atoms with van der Waals surface area (Å²) in [5.74, 6) is 0. The van der Waals surface area contributed by atoms with Gasteiger partial charge in [0.15, 0.2) is 0 Å². The summed E-state index contributed by atoms with van der Waals surface area (Å²) in [6.45, 7) is 2.79. The predicted octanol–water partition coefficient (Wildman–Crippen LogP) is 3.96. The third-order valence-electron chi connectivity index (χ3n) is 3.47. The van der Waals surface area contributed by atoms with E-state index >= 15 is 0 Å². The fourth-order valence-electron chi connectivity index (χ4n) is 2.29. The highest BCUT2D eigenvalue weighted by molar-refractivity contribution is 5.80. The molecule has 98 valence electrons. The Morgan fingerprint density at radius 3 is 2.90 bits per heavy atom. The lowest BCUT2D eigenvalue weighted by Gasteiger charge is -2.10.